The molecule has 5 nitrogen and oxygen atoms in total. The summed E-state index contributed by atoms with van der Waals surface area (Å²) >= 11 is 0. The number of ether oxygens (including phenoxy) is 1. The van der Waals surface area contributed by atoms with Gasteiger partial charge in [-0.3, -0.25) is 4.31 Å². The Kier molecular flexibility index (Phi) is 6.45. The van der Waals surface area contributed by atoms with Crippen LogP contribution < -0.4 is 10.0 Å². The second-order valence-corrected chi connectivity index (χ2v) is 6.89. The maximum absolute atomic E-state index is 12.4. The largest absolute Gasteiger partial charge is 0.385 e. The molecule has 0 aliphatic carbocycles. The summed E-state index contributed by atoms with van der Waals surface area (Å²) in [5.41, 5.74) is 7.21. The molecule has 114 valence electrons. The quantitative estimate of drug-likeness (QED) is 0.742. The lowest BCUT2D eigenvalue weighted by atomic mass is 10.2. The van der Waals surface area contributed by atoms with E-state index in [0.29, 0.717) is 25.3 Å². The van der Waals surface area contributed by atoms with Gasteiger partial charge in [-0.15, -0.1) is 0 Å². The maximum atomic E-state index is 12.4. The topological polar surface area (TPSA) is 72.6 Å². The van der Waals surface area contributed by atoms with Gasteiger partial charge in [0.2, 0.25) is 10.0 Å². The van der Waals surface area contributed by atoms with Crippen LogP contribution >= 0.6 is 0 Å². The zero-order valence-electron chi connectivity index (χ0n) is 12.4. The molecule has 1 aromatic rings. The van der Waals surface area contributed by atoms with Gasteiger partial charge in [0, 0.05) is 26.3 Å². The minimum Gasteiger partial charge on any atom is -0.385 e. The van der Waals surface area contributed by atoms with Crippen LogP contribution in [-0.2, 0) is 21.3 Å². The number of rotatable bonds is 8. The standard InChI is InChI=1S/C14H24N2O3S/c1-12(2)16(20(17,18)10-4-9-19-3)14-7-5-13(11-15)6-8-14/h5-8,12H,4,9-11,15H2,1-3H3. The number of nitrogens with two attached hydrogens (primary N) is 1. The van der Waals surface area contributed by atoms with Crippen molar-refractivity contribution < 1.29 is 13.2 Å². The molecule has 0 aliphatic rings. The lowest BCUT2D eigenvalue weighted by Gasteiger charge is -2.28. The third-order valence-electron chi connectivity index (χ3n) is 2.95. The zero-order valence-corrected chi connectivity index (χ0v) is 13.2. The fourth-order valence-electron chi connectivity index (χ4n) is 2.04. The molecule has 0 saturated heterocycles. The number of hydrogen-bond acceptors (Lipinski definition) is 4. The normalized spacial score (nSPS) is 11.8. The van der Waals surface area contributed by atoms with Gasteiger partial charge in [-0.05, 0) is 38.0 Å². The van der Waals surface area contributed by atoms with Crippen LogP contribution in [0.2, 0.25) is 0 Å². The predicted octanol–water partition coefficient (Wildman–Crippen LogP) is 1.73. The fraction of sp³-hybridized carbons (Fsp3) is 0.571. The summed E-state index contributed by atoms with van der Waals surface area (Å²) in [6.45, 7) is 4.62. The van der Waals surface area contributed by atoms with Crippen LogP contribution in [0, 0.1) is 0 Å². The van der Waals surface area contributed by atoms with Gasteiger partial charge in [0.15, 0.2) is 0 Å². The monoisotopic (exact) mass is 300 g/mol. The SMILES string of the molecule is COCCCS(=O)(=O)N(c1ccc(CN)cc1)C(C)C. The van der Waals surface area contributed by atoms with Crippen molar-refractivity contribution in [2.24, 2.45) is 5.73 Å². The van der Waals surface area contributed by atoms with Crippen LogP contribution in [0.25, 0.3) is 0 Å². The first-order chi connectivity index (χ1) is 9.42. The van der Waals surface area contributed by atoms with Gasteiger partial charge in [-0.1, -0.05) is 12.1 Å². The van der Waals surface area contributed by atoms with Crippen LogP contribution in [-0.4, -0.2) is 33.9 Å². The number of sulfonamides is 1. The smallest absolute Gasteiger partial charge is 0.235 e. The predicted molar refractivity (Wildman–Crippen MR) is 82.2 cm³/mol. The molecule has 0 saturated carbocycles. The molecular weight excluding hydrogens is 276 g/mol. The molecule has 0 aromatic heterocycles. The summed E-state index contributed by atoms with van der Waals surface area (Å²) in [6, 6.07) is 7.18. The first-order valence-corrected chi connectivity index (χ1v) is 8.33. The third kappa shape index (κ3) is 4.47. The van der Waals surface area contributed by atoms with Crippen molar-refractivity contribution in [3.63, 3.8) is 0 Å². The van der Waals surface area contributed by atoms with Crippen LogP contribution in [0.1, 0.15) is 25.8 Å². The molecule has 0 radical (unpaired) electrons. The van der Waals surface area contributed by atoms with Crippen LogP contribution in [0.4, 0.5) is 5.69 Å². The van der Waals surface area contributed by atoms with E-state index < -0.39 is 10.0 Å². The minimum atomic E-state index is -3.34. The van der Waals surface area contributed by atoms with E-state index in [2.05, 4.69) is 0 Å². The molecule has 0 heterocycles. The van der Waals surface area contributed by atoms with Crippen molar-refractivity contribution in [1.29, 1.82) is 0 Å². The Morgan fingerprint density at radius 1 is 1.25 bits per heavy atom. The van der Waals surface area contributed by atoms with E-state index in [9.17, 15) is 8.42 Å². The van der Waals surface area contributed by atoms with Gasteiger partial charge in [0.25, 0.3) is 0 Å². The summed E-state index contributed by atoms with van der Waals surface area (Å²) in [5, 5.41) is 0. The average molecular weight is 300 g/mol. The Morgan fingerprint density at radius 3 is 2.30 bits per heavy atom. The van der Waals surface area contributed by atoms with Crippen molar-refractivity contribution >= 4 is 15.7 Å². The molecule has 6 heteroatoms. The minimum absolute atomic E-state index is 0.0810. The molecule has 0 amide bonds. The highest BCUT2D eigenvalue weighted by Gasteiger charge is 2.24. The highest BCUT2D eigenvalue weighted by Crippen LogP contribution is 2.22. The van der Waals surface area contributed by atoms with Crippen molar-refractivity contribution in [2.75, 3.05) is 23.8 Å². The van der Waals surface area contributed by atoms with Gasteiger partial charge in [-0.25, -0.2) is 8.42 Å². The number of benzene rings is 1. The number of methoxy groups -OCH3 is 1. The highest BCUT2D eigenvalue weighted by molar-refractivity contribution is 7.92. The Labute approximate surface area is 121 Å². The van der Waals surface area contributed by atoms with Gasteiger partial charge >= 0.3 is 0 Å². The van der Waals surface area contributed by atoms with Crippen LogP contribution in [0.5, 0.6) is 0 Å². The Morgan fingerprint density at radius 2 is 1.85 bits per heavy atom. The van der Waals surface area contributed by atoms with E-state index in [1.165, 1.54) is 4.31 Å². The first-order valence-electron chi connectivity index (χ1n) is 6.72. The highest BCUT2D eigenvalue weighted by atomic mass is 32.2. The first kappa shape index (κ1) is 16.9. The second-order valence-electron chi connectivity index (χ2n) is 4.92. The van der Waals surface area contributed by atoms with Crippen molar-refractivity contribution in [2.45, 2.75) is 32.9 Å². The van der Waals surface area contributed by atoms with Gasteiger partial charge < -0.3 is 10.5 Å². The van der Waals surface area contributed by atoms with Gasteiger partial charge in [0.1, 0.15) is 0 Å². The molecule has 1 aromatic carbocycles. The van der Waals surface area contributed by atoms with E-state index in [1.807, 2.05) is 26.0 Å². The summed E-state index contributed by atoms with van der Waals surface area (Å²) in [4.78, 5) is 0. The molecule has 0 bridgehead atoms. The Balaban J connectivity index is 2.97. The summed E-state index contributed by atoms with van der Waals surface area (Å²) in [6.07, 6.45) is 0.489. The number of nitrogens with zero attached hydrogens (tertiary/aromatic N) is 1. The summed E-state index contributed by atoms with van der Waals surface area (Å²) < 4.78 is 31.3. The van der Waals surface area contributed by atoms with Crippen LogP contribution in [0.3, 0.4) is 0 Å². The Bertz CT molecular complexity index is 498. The molecule has 20 heavy (non-hydrogen) atoms. The molecule has 1 rings (SSSR count). The average Bonchev–Trinajstić information content (AvgIpc) is 2.39. The molecule has 0 unspecified atom stereocenters. The van der Waals surface area contributed by atoms with Gasteiger partial charge in [-0.2, -0.15) is 0 Å². The molecule has 0 fully saturated rings. The van der Waals surface area contributed by atoms with E-state index in [0.717, 1.165) is 5.56 Å². The lowest BCUT2D eigenvalue weighted by molar-refractivity contribution is 0.199. The molecule has 0 spiro atoms. The van der Waals surface area contributed by atoms with Crippen molar-refractivity contribution in [3.05, 3.63) is 29.8 Å². The van der Waals surface area contributed by atoms with E-state index in [-0.39, 0.29) is 11.8 Å². The van der Waals surface area contributed by atoms with Gasteiger partial charge in [0.05, 0.1) is 11.4 Å². The molecule has 0 atom stereocenters. The fourth-order valence-corrected chi connectivity index (χ4v) is 3.81. The van der Waals surface area contributed by atoms with E-state index in [4.69, 9.17) is 10.5 Å². The van der Waals surface area contributed by atoms with E-state index >= 15 is 0 Å². The third-order valence-corrected chi connectivity index (χ3v) is 4.98. The van der Waals surface area contributed by atoms with E-state index in [1.54, 1.807) is 19.2 Å². The van der Waals surface area contributed by atoms with Crippen LogP contribution in [0.15, 0.2) is 24.3 Å². The molecular formula is C14H24N2O3S. The molecule has 2 N–H and O–H groups in total. The second kappa shape index (κ2) is 7.61. The maximum Gasteiger partial charge on any atom is 0.235 e. The Hall–Kier alpha value is -1.11. The number of hydrogen-bond donors (Lipinski definition) is 1. The summed E-state index contributed by atoms with van der Waals surface area (Å²) in [5.74, 6) is 0.0810. The van der Waals surface area contributed by atoms with Crippen molar-refractivity contribution in [3.8, 4) is 0 Å². The number of anilines is 1. The summed E-state index contributed by atoms with van der Waals surface area (Å²) in [7, 11) is -1.78. The zero-order chi connectivity index (χ0) is 15.2. The van der Waals surface area contributed by atoms with Crippen molar-refractivity contribution in [1.82, 2.24) is 0 Å². The lowest BCUT2D eigenvalue weighted by Crippen LogP contribution is -2.38. The molecule has 0 aliphatic heterocycles.